The molecular formula is C12H18OS. The topological polar surface area (TPSA) is 20.2 Å². The van der Waals surface area contributed by atoms with Crippen molar-refractivity contribution in [2.45, 2.75) is 31.3 Å². The first kappa shape index (κ1) is 11.6. The van der Waals surface area contributed by atoms with Gasteiger partial charge >= 0.3 is 0 Å². The van der Waals surface area contributed by atoms with E-state index in [-0.39, 0.29) is 0 Å². The summed E-state index contributed by atoms with van der Waals surface area (Å²) in [4.78, 5) is 1.27. The smallest absolute Gasteiger partial charge is 0.0625 e. The van der Waals surface area contributed by atoms with E-state index in [1.54, 1.807) is 11.8 Å². The van der Waals surface area contributed by atoms with E-state index in [0.717, 1.165) is 5.75 Å². The largest absolute Gasteiger partial charge is 0.390 e. The molecule has 1 rings (SSSR count). The molecule has 0 aromatic heterocycles. The van der Waals surface area contributed by atoms with Crippen molar-refractivity contribution in [2.75, 3.05) is 5.75 Å². The third-order valence-electron chi connectivity index (χ3n) is 2.45. The van der Waals surface area contributed by atoms with E-state index in [2.05, 4.69) is 19.1 Å². The summed E-state index contributed by atoms with van der Waals surface area (Å²) in [6.07, 6.45) is 0. The lowest BCUT2D eigenvalue weighted by Crippen LogP contribution is -2.30. The normalized spacial score (nSPS) is 14.0. The molecule has 1 aromatic carbocycles. The minimum atomic E-state index is -0.582. The molecule has 78 valence electrons. The van der Waals surface area contributed by atoms with Crippen molar-refractivity contribution in [2.24, 2.45) is 5.92 Å². The quantitative estimate of drug-likeness (QED) is 0.770. The van der Waals surface area contributed by atoms with E-state index in [0.29, 0.717) is 5.92 Å². The van der Waals surface area contributed by atoms with Gasteiger partial charge in [-0.1, -0.05) is 25.1 Å². The first-order valence-corrected chi connectivity index (χ1v) is 5.89. The Kier molecular flexibility index (Phi) is 4.02. The molecule has 1 atom stereocenters. The lowest BCUT2D eigenvalue weighted by molar-refractivity contribution is 0.0347. The van der Waals surface area contributed by atoms with Gasteiger partial charge in [-0.15, -0.1) is 11.8 Å². The van der Waals surface area contributed by atoms with Crippen LogP contribution in [0.25, 0.3) is 0 Å². The maximum atomic E-state index is 9.75. The van der Waals surface area contributed by atoms with Crippen molar-refractivity contribution in [1.29, 1.82) is 0 Å². The van der Waals surface area contributed by atoms with Crippen molar-refractivity contribution < 1.29 is 5.11 Å². The second kappa shape index (κ2) is 4.85. The Balaban J connectivity index is 2.42. The van der Waals surface area contributed by atoms with Crippen LogP contribution in [0.1, 0.15) is 20.8 Å². The van der Waals surface area contributed by atoms with Crippen molar-refractivity contribution in [1.82, 2.24) is 0 Å². The third-order valence-corrected chi connectivity index (χ3v) is 3.72. The molecule has 14 heavy (non-hydrogen) atoms. The summed E-state index contributed by atoms with van der Waals surface area (Å²) in [5.41, 5.74) is -0.582. The Morgan fingerprint density at radius 3 is 2.36 bits per heavy atom. The maximum Gasteiger partial charge on any atom is 0.0625 e. The molecule has 1 nitrogen and oxygen atoms in total. The molecule has 0 fully saturated rings. The van der Waals surface area contributed by atoms with Gasteiger partial charge in [-0.25, -0.2) is 0 Å². The number of hydrogen-bond acceptors (Lipinski definition) is 2. The van der Waals surface area contributed by atoms with Crippen LogP contribution < -0.4 is 0 Å². The second-order valence-electron chi connectivity index (χ2n) is 4.18. The molecule has 0 saturated heterocycles. The zero-order chi connectivity index (χ0) is 10.6. The zero-order valence-corrected chi connectivity index (χ0v) is 9.84. The monoisotopic (exact) mass is 210 g/mol. The van der Waals surface area contributed by atoms with Gasteiger partial charge in [-0.2, -0.15) is 0 Å². The number of hydrogen-bond donors (Lipinski definition) is 1. The standard InChI is InChI=1S/C12H18OS/c1-10(12(2,3)13)9-14-11-7-5-4-6-8-11/h4-8,10,13H,9H2,1-3H3/t10-/m0/s1. The zero-order valence-electron chi connectivity index (χ0n) is 9.03. The van der Waals surface area contributed by atoms with E-state index in [1.807, 2.05) is 32.0 Å². The van der Waals surface area contributed by atoms with Gasteiger partial charge in [0, 0.05) is 10.6 Å². The van der Waals surface area contributed by atoms with E-state index in [4.69, 9.17) is 0 Å². The van der Waals surface area contributed by atoms with Crippen molar-refractivity contribution >= 4 is 11.8 Å². The highest BCUT2D eigenvalue weighted by atomic mass is 32.2. The Labute approximate surface area is 90.5 Å². The fraction of sp³-hybridized carbons (Fsp3) is 0.500. The van der Waals surface area contributed by atoms with Crippen LogP contribution in [0, 0.1) is 5.92 Å². The maximum absolute atomic E-state index is 9.75. The molecule has 0 radical (unpaired) electrons. The summed E-state index contributed by atoms with van der Waals surface area (Å²) < 4.78 is 0. The van der Waals surface area contributed by atoms with Crippen LogP contribution in [0.5, 0.6) is 0 Å². The van der Waals surface area contributed by atoms with Gasteiger partial charge in [0.25, 0.3) is 0 Å². The second-order valence-corrected chi connectivity index (χ2v) is 5.27. The van der Waals surface area contributed by atoms with Crippen LogP contribution in [-0.2, 0) is 0 Å². The van der Waals surface area contributed by atoms with Crippen LogP contribution in [-0.4, -0.2) is 16.5 Å². The highest BCUT2D eigenvalue weighted by molar-refractivity contribution is 7.99. The van der Waals surface area contributed by atoms with Gasteiger partial charge in [-0.3, -0.25) is 0 Å². The highest BCUT2D eigenvalue weighted by Crippen LogP contribution is 2.25. The van der Waals surface area contributed by atoms with Crippen LogP contribution in [0.3, 0.4) is 0 Å². The molecule has 2 heteroatoms. The van der Waals surface area contributed by atoms with E-state index in [9.17, 15) is 5.11 Å². The molecular weight excluding hydrogens is 192 g/mol. The number of aliphatic hydroxyl groups is 1. The predicted molar refractivity (Wildman–Crippen MR) is 62.6 cm³/mol. The van der Waals surface area contributed by atoms with Crippen LogP contribution in [0.15, 0.2) is 35.2 Å². The summed E-state index contributed by atoms with van der Waals surface area (Å²) in [5.74, 6) is 1.25. The molecule has 0 heterocycles. The summed E-state index contributed by atoms with van der Waals surface area (Å²) in [5, 5.41) is 9.75. The molecule has 0 aliphatic rings. The van der Waals surface area contributed by atoms with E-state index in [1.165, 1.54) is 4.90 Å². The fourth-order valence-corrected chi connectivity index (χ4v) is 2.14. The fourth-order valence-electron chi connectivity index (χ4n) is 0.942. The average Bonchev–Trinajstić information content (AvgIpc) is 2.14. The first-order chi connectivity index (χ1) is 6.50. The van der Waals surface area contributed by atoms with Gasteiger partial charge < -0.3 is 5.11 Å². The Bertz CT molecular complexity index is 263. The van der Waals surface area contributed by atoms with Crippen molar-refractivity contribution in [3.63, 3.8) is 0 Å². The van der Waals surface area contributed by atoms with Crippen LogP contribution >= 0.6 is 11.8 Å². The number of benzene rings is 1. The van der Waals surface area contributed by atoms with Gasteiger partial charge in [0.1, 0.15) is 0 Å². The molecule has 1 N–H and O–H groups in total. The lowest BCUT2D eigenvalue weighted by Gasteiger charge is -2.25. The molecule has 1 aromatic rings. The summed E-state index contributed by atoms with van der Waals surface area (Å²) in [6, 6.07) is 10.3. The van der Waals surface area contributed by atoms with Gasteiger partial charge in [-0.05, 0) is 31.9 Å². The SMILES string of the molecule is C[C@@H](CSc1ccccc1)C(C)(C)O. The molecule has 0 amide bonds. The third kappa shape index (κ3) is 3.72. The minimum absolute atomic E-state index is 0.299. The molecule has 0 saturated carbocycles. The van der Waals surface area contributed by atoms with Gasteiger partial charge in [0.15, 0.2) is 0 Å². The molecule has 0 aliphatic heterocycles. The summed E-state index contributed by atoms with van der Waals surface area (Å²) >= 11 is 1.80. The van der Waals surface area contributed by atoms with Gasteiger partial charge in [0.2, 0.25) is 0 Å². The minimum Gasteiger partial charge on any atom is -0.390 e. The highest BCUT2D eigenvalue weighted by Gasteiger charge is 2.21. The Morgan fingerprint density at radius 2 is 1.86 bits per heavy atom. The molecule has 0 spiro atoms. The summed E-state index contributed by atoms with van der Waals surface area (Å²) in [7, 11) is 0. The van der Waals surface area contributed by atoms with Crippen molar-refractivity contribution in [3.05, 3.63) is 30.3 Å². The predicted octanol–water partition coefficient (Wildman–Crippen LogP) is 3.19. The van der Waals surface area contributed by atoms with Gasteiger partial charge in [0.05, 0.1) is 5.60 Å². The average molecular weight is 210 g/mol. The van der Waals surface area contributed by atoms with E-state index >= 15 is 0 Å². The molecule has 0 aliphatic carbocycles. The summed E-state index contributed by atoms with van der Waals surface area (Å²) in [6.45, 7) is 5.81. The van der Waals surface area contributed by atoms with Crippen LogP contribution in [0.4, 0.5) is 0 Å². The number of rotatable bonds is 4. The van der Waals surface area contributed by atoms with E-state index < -0.39 is 5.60 Å². The van der Waals surface area contributed by atoms with Crippen LogP contribution in [0.2, 0.25) is 0 Å². The Hall–Kier alpha value is -0.470. The molecule has 0 bridgehead atoms. The lowest BCUT2D eigenvalue weighted by atomic mass is 9.95. The molecule has 0 unspecified atom stereocenters. The van der Waals surface area contributed by atoms with Crippen molar-refractivity contribution in [3.8, 4) is 0 Å². The first-order valence-electron chi connectivity index (χ1n) is 4.90. The Morgan fingerprint density at radius 1 is 1.29 bits per heavy atom. The number of thioether (sulfide) groups is 1.